The number of para-hydroxylation sites is 1. The highest BCUT2D eigenvalue weighted by Crippen LogP contribution is 2.11. The average Bonchev–Trinajstić information content (AvgIpc) is 2.70. The van der Waals surface area contributed by atoms with Gasteiger partial charge in [-0.1, -0.05) is 24.3 Å². The first-order valence-electron chi connectivity index (χ1n) is 8.54. The third-order valence-corrected chi connectivity index (χ3v) is 3.54. The monoisotopic (exact) mass is 370 g/mol. The summed E-state index contributed by atoms with van der Waals surface area (Å²) in [6, 6.07) is 15.8. The van der Waals surface area contributed by atoms with Crippen molar-refractivity contribution in [3.8, 4) is 5.75 Å². The van der Waals surface area contributed by atoms with E-state index in [9.17, 15) is 14.4 Å². The molecule has 2 aromatic carbocycles. The summed E-state index contributed by atoms with van der Waals surface area (Å²) in [5, 5.41) is 5.09. The predicted molar refractivity (Wildman–Crippen MR) is 101 cm³/mol. The molecule has 7 heteroatoms. The molecule has 2 aromatic rings. The van der Waals surface area contributed by atoms with Crippen LogP contribution < -0.4 is 15.4 Å². The summed E-state index contributed by atoms with van der Waals surface area (Å²) in [4.78, 5) is 35.1. The Morgan fingerprint density at radius 1 is 1.00 bits per heavy atom. The third kappa shape index (κ3) is 7.19. The topological polar surface area (TPSA) is 93.7 Å². The van der Waals surface area contributed by atoms with Crippen LogP contribution in [0.5, 0.6) is 5.75 Å². The lowest BCUT2D eigenvalue weighted by atomic mass is 10.2. The van der Waals surface area contributed by atoms with E-state index in [0.717, 1.165) is 5.75 Å². The van der Waals surface area contributed by atoms with Crippen LogP contribution in [0.25, 0.3) is 0 Å². The summed E-state index contributed by atoms with van der Waals surface area (Å²) in [5.41, 5.74) is 0.874. The van der Waals surface area contributed by atoms with E-state index < -0.39 is 11.9 Å². The van der Waals surface area contributed by atoms with Gasteiger partial charge in [-0.25, -0.2) is 0 Å². The van der Waals surface area contributed by atoms with Crippen LogP contribution in [0.4, 0.5) is 5.69 Å². The molecule has 0 atom stereocenters. The second-order valence-electron chi connectivity index (χ2n) is 5.63. The molecule has 142 valence electrons. The number of hydrogen-bond acceptors (Lipinski definition) is 5. The standard InChI is InChI=1S/C20H22N2O5/c1-21-20(25)15-7-5-8-16(13-15)22-18(23)14-27-19(24)11-6-12-26-17-9-3-2-4-10-17/h2-5,7-10,13H,6,11-12,14H2,1H3,(H,21,25)(H,22,23). The maximum Gasteiger partial charge on any atom is 0.306 e. The molecular formula is C20H22N2O5. The van der Waals surface area contributed by atoms with Crippen molar-refractivity contribution in [2.45, 2.75) is 12.8 Å². The fraction of sp³-hybridized carbons (Fsp3) is 0.250. The molecule has 0 heterocycles. The summed E-state index contributed by atoms with van der Waals surface area (Å²) in [5.74, 6) is -0.460. The van der Waals surface area contributed by atoms with Crippen molar-refractivity contribution in [2.24, 2.45) is 0 Å². The molecular weight excluding hydrogens is 348 g/mol. The summed E-state index contributed by atoms with van der Waals surface area (Å²) in [6.45, 7) is 0.000171. The van der Waals surface area contributed by atoms with Crippen molar-refractivity contribution in [1.29, 1.82) is 0 Å². The Morgan fingerprint density at radius 3 is 2.52 bits per heavy atom. The highest BCUT2D eigenvalue weighted by molar-refractivity contribution is 5.97. The molecule has 0 aliphatic heterocycles. The van der Waals surface area contributed by atoms with Crippen LogP contribution in [0.1, 0.15) is 23.2 Å². The first-order chi connectivity index (χ1) is 13.1. The van der Waals surface area contributed by atoms with Gasteiger partial charge in [0.25, 0.3) is 11.8 Å². The zero-order valence-corrected chi connectivity index (χ0v) is 15.1. The molecule has 0 fully saturated rings. The minimum absolute atomic E-state index is 0.159. The van der Waals surface area contributed by atoms with Gasteiger partial charge in [-0.2, -0.15) is 0 Å². The molecule has 0 saturated carbocycles. The number of carbonyl (C=O) groups excluding carboxylic acids is 3. The normalized spacial score (nSPS) is 9.96. The fourth-order valence-corrected chi connectivity index (χ4v) is 2.22. The number of nitrogens with one attached hydrogen (secondary N) is 2. The molecule has 27 heavy (non-hydrogen) atoms. The van der Waals surface area contributed by atoms with E-state index in [-0.39, 0.29) is 18.9 Å². The second-order valence-corrected chi connectivity index (χ2v) is 5.63. The first-order valence-corrected chi connectivity index (χ1v) is 8.54. The zero-order chi connectivity index (χ0) is 19.5. The lowest BCUT2D eigenvalue weighted by Gasteiger charge is -2.08. The third-order valence-electron chi connectivity index (χ3n) is 3.54. The van der Waals surface area contributed by atoms with Crippen molar-refractivity contribution in [3.63, 3.8) is 0 Å². The molecule has 0 aliphatic carbocycles. The van der Waals surface area contributed by atoms with Gasteiger partial charge in [0.2, 0.25) is 0 Å². The van der Waals surface area contributed by atoms with Crippen LogP contribution in [0.2, 0.25) is 0 Å². The maximum atomic E-state index is 11.9. The molecule has 2 rings (SSSR count). The Kier molecular flexibility index (Phi) is 7.84. The van der Waals surface area contributed by atoms with Crippen molar-refractivity contribution < 1.29 is 23.9 Å². The smallest absolute Gasteiger partial charge is 0.306 e. The fourth-order valence-electron chi connectivity index (χ4n) is 2.22. The molecule has 2 N–H and O–H groups in total. The number of amides is 2. The van der Waals surface area contributed by atoms with Crippen LogP contribution >= 0.6 is 0 Å². The Hall–Kier alpha value is -3.35. The zero-order valence-electron chi connectivity index (χ0n) is 15.1. The lowest BCUT2D eigenvalue weighted by Crippen LogP contribution is -2.22. The van der Waals surface area contributed by atoms with Gasteiger partial charge in [0, 0.05) is 24.7 Å². The van der Waals surface area contributed by atoms with Gasteiger partial charge in [-0.05, 0) is 36.8 Å². The molecule has 0 unspecified atom stereocenters. The number of hydrogen-bond donors (Lipinski definition) is 2. The van der Waals surface area contributed by atoms with Gasteiger partial charge < -0.3 is 20.1 Å². The van der Waals surface area contributed by atoms with E-state index in [1.54, 1.807) is 24.3 Å². The van der Waals surface area contributed by atoms with E-state index in [4.69, 9.17) is 9.47 Å². The molecule has 7 nitrogen and oxygen atoms in total. The van der Waals surface area contributed by atoms with Crippen molar-refractivity contribution >= 4 is 23.5 Å². The highest BCUT2D eigenvalue weighted by Gasteiger charge is 2.09. The maximum absolute atomic E-state index is 11.9. The minimum atomic E-state index is -0.474. The van der Waals surface area contributed by atoms with E-state index in [1.807, 2.05) is 30.3 Å². The molecule has 2 amide bonds. The summed E-state index contributed by atoms with van der Waals surface area (Å²) < 4.78 is 10.4. The highest BCUT2D eigenvalue weighted by atomic mass is 16.5. The molecule has 0 spiro atoms. The Bertz CT molecular complexity index is 777. The largest absolute Gasteiger partial charge is 0.494 e. The van der Waals surface area contributed by atoms with Gasteiger partial charge in [-0.3, -0.25) is 14.4 Å². The van der Waals surface area contributed by atoms with Gasteiger partial charge in [-0.15, -0.1) is 0 Å². The Labute approximate surface area is 157 Å². The number of rotatable bonds is 9. The molecule has 0 aromatic heterocycles. The molecule has 0 aliphatic rings. The van der Waals surface area contributed by atoms with Crippen LogP contribution in [-0.4, -0.2) is 38.0 Å². The summed E-state index contributed by atoms with van der Waals surface area (Å²) in [7, 11) is 1.53. The number of ether oxygens (including phenoxy) is 2. The van der Waals surface area contributed by atoms with E-state index in [2.05, 4.69) is 10.6 Å². The lowest BCUT2D eigenvalue weighted by molar-refractivity contribution is -0.147. The Morgan fingerprint density at radius 2 is 1.78 bits per heavy atom. The molecule has 0 saturated heterocycles. The minimum Gasteiger partial charge on any atom is -0.494 e. The van der Waals surface area contributed by atoms with Crippen LogP contribution in [0.15, 0.2) is 54.6 Å². The number of anilines is 1. The van der Waals surface area contributed by atoms with Gasteiger partial charge in [0.1, 0.15) is 5.75 Å². The number of esters is 1. The van der Waals surface area contributed by atoms with E-state index >= 15 is 0 Å². The quantitative estimate of drug-likeness (QED) is 0.522. The van der Waals surface area contributed by atoms with Crippen LogP contribution in [0.3, 0.4) is 0 Å². The van der Waals surface area contributed by atoms with E-state index in [0.29, 0.717) is 24.3 Å². The van der Waals surface area contributed by atoms with Gasteiger partial charge in [0.05, 0.1) is 6.61 Å². The summed E-state index contributed by atoms with van der Waals surface area (Å²) >= 11 is 0. The SMILES string of the molecule is CNC(=O)c1cccc(NC(=O)COC(=O)CCCOc2ccccc2)c1. The Balaban J connectivity index is 1.66. The van der Waals surface area contributed by atoms with Crippen molar-refractivity contribution in [2.75, 3.05) is 25.6 Å². The predicted octanol–water partition coefficient (Wildman–Crippen LogP) is 2.39. The number of benzene rings is 2. The average molecular weight is 370 g/mol. The molecule has 0 radical (unpaired) electrons. The second kappa shape index (κ2) is 10.6. The van der Waals surface area contributed by atoms with Crippen LogP contribution in [0, 0.1) is 0 Å². The van der Waals surface area contributed by atoms with Crippen molar-refractivity contribution in [1.82, 2.24) is 5.32 Å². The van der Waals surface area contributed by atoms with Gasteiger partial charge in [0.15, 0.2) is 6.61 Å². The molecule has 0 bridgehead atoms. The van der Waals surface area contributed by atoms with Crippen LogP contribution in [-0.2, 0) is 14.3 Å². The van der Waals surface area contributed by atoms with Gasteiger partial charge >= 0.3 is 5.97 Å². The van der Waals surface area contributed by atoms with E-state index in [1.165, 1.54) is 7.05 Å². The van der Waals surface area contributed by atoms with Crippen molar-refractivity contribution in [3.05, 3.63) is 60.2 Å². The summed E-state index contributed by atoms with van der Waals surface area (Å²) in [6.07, 6.45) is 0.649. The first kappa shape index (κ1) is 20.0. The number of carbonyl (C=O) groups is 3.